The second kappa shape index (κ2) is 13.0. The van der Waals surface area contributed by atoms with Gasteiger partial charge in [0.2, 0.25) is 0 Å². The Labute approximate surface area is 234 Å². The van der Waals surface area contributed by atoms with Gasteiger partial charge in [0.1, 0.15) is 23.7 Å². The molecule has 1 atom stereocenters. The van der Waals surface area contributed by atoms with E-state index in [0.717, 1.165) is 36.2 Å². The van der Waals surface area contributed by atoms with Gasteiger partial charge in [0.15, 0.2) is 0 Å². The van der Waals surface area contributed by atoms with E-state index in [2.05, 4.69) is 14.0 Å². The molecule has 0 spiro atoms. The van der Waals surface area contributed by atoms with Crippen molar-refractivity contribution in [1.82, 2.24) is 9.88 Å². The minimum absolute atomic E-state index is 0.0464. The topological polar surface area (TPSA) is 77.4 Å². The molecule has 3 aromatic carbocycles. The Kier molecular flexibility index (Phi) is 9.99. The minimum Gasteiger partial charge on any atom is -0.468 e. The molecular weight excluding hydrogens is 566 g/mol. The number of rotatable bonds is 5. The first-order valence-corrected chi connectivity index (χ1v) is 12.7. The molecule has 0 aliphatic heterocycles. The first-order valence-electron chi connectivity index (χ1n) is 12.1. The number of methoxy groups -OCH3 is 1. The van der Waals surface area contributed by atoms with E-state index in [1.165, 1.54) is 23.7 Å². The minimum atomic E-state index is -4.60. The van der Waals surface area contributed by atoms with Crippen LogP contribution in [-0.2, 0) is 29.2 Å². The Morgan fingerprint density at radius 1 is 0.976 bits per heavy atom. The summed E-state index contributed by atoms with van der Waals surface area (Å²) < 4.78 is 73.2. The Balaban J connectivity index is 0.000000250. The number of pyridine rings is 1. The summed E-state index contributed by atoms with van der Waals surface area (Å²) in [7, 11) is 5.20. The van der Waals surface area contributed by atoms with E-state index in [0.29, 0.717) is 5.56 Å². The van der Waals surface area contributed by atoms with E-state index in [1.807, 2.05) is 18.3 Å². The summed E-state index contributed by atoms with van der Waals surface area (Å²) in [6.45, 7) is 1.44. The first kappa shape index (κ1) is 31.4. The van der Waals surface area contributed by atoms with Crippen molar-refractivity contribution in [2.45, 2.75) is 19.5 Å². The van der Waals surface area contributed by atoms with Gasteiger partial charge in [-0.25, -0.2) is 8.78 Å². The maximum Gasteiger partial charge on any atom is 0.417 e. The number of hydrogen-bond acceptors (Lipinski definition) is 4. The van der Waals surface area contributed by atoms with Gasteiger partial charge >= 0.3 is 12.1 Å². The van der Waals surface area contributed by atoms with Crippen molar-refractivity contribution in [1.29, 1.82) is 0 Å². The molecule has 12 heteroatoms. The average Bonchev–Trinajstić information content (AvgIpc) is 2.92. The molecule has 1 aromatic heterocycles. The zero-order valence-corrected chi connectivity index (χ0v) is 23.4. The SMILES string of the molecule is COC(=O)CNC(=O)c1c(F)cccc1F.Cc1cccc(Cc2c(C(F)(F)F)c3ccccc3n(C)c2=O)c1P. The molecule has 0 saturated carbocycles. The number of nitrogens with one attached hydrogen (secondary N) is 1. The largest absolute Gasteiger partial charge is 0.468 e. The number of aryl methyl sites for hydroxylation is 2. The van der Waals surface area contributed by atoms with Gasteiger partial charge in [-0.15, -0.1) is 9.24 Å². The number of fused-ring (bicyclic) bond motifs is 1. The number of para-hydroxylation sites is 1. The van der Waals surface area contributed by atoms with Crippen LogP contribution in [0.2, 0.25) is 0 Å². The molecule has 6 nitrogen and oxygen atoms in total. The average molecular weight is 593 g/mol. The smallest absolute Gasteiger partial charge is 0.417 e. The van der Waals surface area contributed by atoms with Crippen LogP contribution in [-0.4, -0.2) is 30.1 Å². The molecule has 4 aromatic rings. The lowest BCUT2D eigenvalue weighted by Gasteiger charge is -2.18. The van der Waals surface area contributed by atoms with Crippen molar-refractivity contribution in [2.24, 2.45) is 7.05 Å². The number of ether oxygens (including phenoxy) is 1. The van der Waals surface area contributed by atoms with Crippen LogP contribution < -0.4 is 16.2 Å². The molecule has 41 heavy (non-hydrogen) atoms. The predicted octanol–water partition coefficient (Wildman–Crippen LogP) is 4.82. The Bertz CT molecular complexity index is 1650. The van der Waals surface area contributed by atoms with Gasteiger partial charge in [-0.3, -0.25) is 14.4 Å². The maximum absolute atomic E-state index is 13.8. The molecule has 1 unspecified atom stereocenters. The van der Waals surface area contributed by atoms with E-state index in [1.54, 1.807) is 24.3 Å². The molecule has 216 valence electrons. The molecule has 0 saturated heterocycles. The zero-order chi connectivity index (χ0) is 30.5. The number of hydrogen-bond donors (Lipinski definition) is 1. The number of amides is 1. The summed E-state index contributed by atoms with van der Waals surface area (Å²) in [4.78, 5) is 34.7. The summed E-state index contributed by atoms with van der Waals surface area (Å²) in [6.07, 6.45) is -4.67. The van der Waals surface area contributed by atoms with Gasteiger partial charge in [0.05, 0.1) is 18.2 Å². The van der Waals surface area contributed by atoms with Crippen LogP contribution in [0.25, 0.3) is 10.9 Å². The molecule has 0 aliphatic rings. The van der Waals surface area contributed by atoms with E-state index >= 15 is 0 Å². The normalized spacial score (nSPS) is 11.0. The van der Waals surface area contributed by atoms with Crippen molar-refractivity contribution in [3.63, 3.8) is 0 Å². The summed E-state index contributed by atoms with van der Waals surface area (Å²) in [5.74, 6) is -3.67. The third-order valence-electron chi connectivity index (χ3n) is 6.28. The fraction of sp³-hybridized carbons (Fsp3) is 0.207. The number of aromatic nitrogens is 1. The first-order chi connectivity index (χ1) is 19.3. The van der Waals surface area contributed by atoms with E-state index in [-0.39, 0.29) is 22.9 Å². The van der Waals surface area contributed by atoms with Gasteiger partial charge in [0.25, 0.3) is 11.5 Å². The molecule has 1 amide bonds. The summed E-state index contributed by atoms with van der Waals surface area (Å²) >= 11 is 0. The Morgan fingerprint density at radius 2 is 1.59 bits per heavy atom. The third-order valence-corrected chi connectivity index (χ3v) is 7.10. The molecule has 1 N–H and O–H groups in total. The van der Waals surface area contributed by atoms with Crippen LogP contribution >= 0.6 is 9.24 Å². The summed E-state index contributed by atoms with van der Waals surface area (Å²) in [5.41, 5.74) is -0.459. The quantitative estimate of drug-likeness (QED) is 0.205. The van der Waals surface area contributed by atoms with E-state index in [9.17, 15) is 36.3 Å². The predicted molar refractivity (Wildman–Crippen MR) is 148 cm³/mol. The maximum atomic E-state index is 13.8. The number of carbonyl (C=O) groups excluding carboxylic acids is 2. The molecule has 0 aliphatic carbocycles. The number of benzene rings is 3. The highest BCUT2D eigenvalue weighted by atomic mass is 31.0. The molecular formula is C29H26F5N2O4P. The lowest BCUT2D eigenvalue weighted by atomic mass is 9.96. The molecule has 0 radical (unpaired) electrons. The number of nitrogens with zero attached hydrogens (tertiary/aromatic N) is 1. The van der Waals surface area contributed by atoms with Gasteiger partial charge in [0, 0.05) is 24.4 Å². The van der Waals surface area contributed by atoms with Gasteiger partial charge in [-0.05, 0) is 41.6 Å². The lowest BCUT2D eigenvalue weighted by Crippen LogP contribution is -2.31. The number of esters is 1. The highest BCUT2D eigenvalue weighted by Gasteiger charge is 2.37. The Morgan fingerprint density at radius 3 is 2.20 bits per heavy atom. The molecule has 1 heterocycles. The summed E-state index contributed by atoms with van der Waals surface area (Å²) in [5, 5.41) is 2.91. The second-order valence-electron chi connectivity index (χ2n) is 8.91. The van der Waals surface area contributed by atoms with Gasteiger partial charge in [-0.2, -0.15) is 13.2 Å². The highest BCUT2D eigenvalue weighted by Crippen LogP contribution is 2.36. The van der Waals surface area contributed by atoms with Crippen LogP contribution in [0.5, 0.6) is 0 Å². The molecule has 0 fully saturated rings. The molecule has 0 bridgehead atoms. The van der Waals surface area contributed by atoms with Crippen molar-refractivity contribution >= 4 is 37.3 Å². The summed E-state index contributed by atoms with van der Waals surface area (Å²) in [6, 6.07) is 14.6. The lowest BCUT2D eigenvalue weighted by molar-refractivity contribution is -0.139. The fourth-order valence-electron chi connectivity index (χ4n) is 4.16. The van der Waals surface area contributed by atoms with Crippen LogP contribution in [0.15, 0.2) is 65.5 Å². The van der Waals surface area contributed by atoms with E-state index in [4.69, 9.17) is 0 Å². The zero-order valence-electron chi connectivity index (χ0n) is 22.2. The molecule has 4 rings (SSSR count). The van der Waals surface area contributed by atoms with Crippen molar-refractivity contribution in [2.75, 3.05) is 13.7 Å². The van der Waals surface area contributed by atoms with Crippen molar-refractivity contribution in [3.05, 3.63) is 110 Å². The van der Waals surface area contributed by atoms with Crippen LogP contribution in [0.1, 0.15) is 32.6 Å². The van der Waals surface area contributed by atoms with E-state index < -0.39 is 52.9 Å². The third kappa shape index (κ3) is 7.16. The van der Waals surface area contributed by atoms with Crippen LogP contribution in [0.3, 0.4) is 0 Å². The number of halogens is 5. The van der Waals surface area contributed by atoms with Crippen molar-refractivity contribution in [3.8, 4) is 0 Å². The van der Waals surface area contributed by atoms with Crippen LogP contribution in [0.4, 0.5) is 22.0 Å². The van der Waals surface area contributed by atoms with Crippen LogP contribution in [0, 0.1) is 18.6 Å². The second-order valence-corrected chi connectivity index (χ2v) is 9.49. The van der Waals surface area contributed by atoms with Gasteiger partial charge < -0.3 is 14.6 Å². The number of carbonyl (C=O) groups is 2. The fourth-order valence-corrected chi connectivity index (χ4v) is 4.45. The monoisotopic (exact) mass is 592 g/mol. The highest BCUT2D eigenvalue weighted by molar-refractivity contribution is 7.27. The Hall–Kier alpha value is -4.11. The standard InChI is InChI=1S/C19H17F3NOP.C10H9F2NO3/c1-11-6-5-7-12(17(11)25)10-14-16(19(20,21)22)13-8-3-4-9-15(13)23(2)18(14)24;1-16-8(14)5-13-10(15)9-6(11)3-2-4-7(9)12/h3-9H,10,25H2,1-2H3;2-4H,5H2,1H3,(H,13,15). The van der Waals surface area contributed by atoms with Gasteiger partial charge in [-0.1, -0.05) is 42.5 Å². The van der Waals surface area contributed by atoms with Crippen molar-refractivity contribution < 1.29 is 36.3 Å². The number of alkyl halides is 3.